The van der Waals surface area contributed by atoms with Crippen LogP contribution >= 0.6 is 11.6 Å². The fraction of sp³-hybridized carbons (Fsp3) is 0.400. The van der Waals surface area contributed by atoms with Crippen LogP contribution in [-0.4, -0.2) is 22.2 Å². The highest BCUT2D eigenvalue weighted by atomic mass is 35.5. The lowest BCUT2D eigenvalue weighted by Crippen LogP contribution is -2.24. The van der Waals surface area contributed by atoms with Gasteiger partial charge >= 0.3 is 6.18 Å². The lowest BCUT2D eigenvalue weighted by Gasteiger charge is -2.20. The number of benzene rings is 1. The molecule has 96 valence electrons. The standard InChI is InChI=1S/C10H9ClF4O2/c11-4-7(16)9(17)8-5(10(13,14)15)2-1-3-6(8)12/h1-3,7,9,16-17H,4H2. The van der Waals surface area contributed by atoms with Crippen LogP contribution in [0.15, 0.2) is 18.2 Å². The van der Waals surface area contributed by atoms with E-state index in [1.165, 1.54) is 0 Å². The highest BCUT2D eigenvalue weighted by Crippen LogP contribution is 2.36. The molecule has 17 heavy (non-hydrogen) atoms. The van der Waals surface area contributed by atoms with E-state index in [0.29, 0.717) is 6.07 Å². The summed E-state index contributed by atoms with van der Waals surface area (Å²) < 4.78 is 51.0. The smallest absolute Gasteiger partial charge is 0.389 e. The first kappa shape index (κ1) is 14.2. The Kier molecular flexibility index (Phi) is 4.35. The van der Waals surface area contributed by atoms with Gasteiger partial charge in [0.15, 0.2) is 0 Å². The van der Waals surface area contributed by atoms with Crippen molar-refractivity contribution in [3.05, 3.63) is 35.1 Å². The van der Waals surface area contributed by atoms with E-state index >= 15 is 0 Å². The van der Waals surface area contributed by atoms with Crippen molar-refractivity contribution in [1.29, 1.82) is 0 Å². The minimum absolute atomic E-state index is 0.507. The summed E-state index contributed by atoms with van der Waals surface area (Å²) in [6.07, 6.45) is -8.51. The lowest BCUT2D eigenvalue weighted by atomic mass is 9.98. The summed E-state index contributed by atoms with van der Waals surface area (Å²) in [5.74, 6) is -1.75. The summed E-state index contributed by atoms with van der Waals surface area (Å²) in [4.78, 5) is 0. The molecule has 0 saturated carbocycles. The van der Waals surface area contributed by atoms with Crippen LogP contribution in [0.25, 0.3) is 0 Å². The van der Waals surface area contributed by atoms with Crippen LogP contribution in [-0.2, 0) is 6.18 Å². The summed E-state index contributed by atoms with van der Waals surface area (Å²) in [7, 11) is 0. The van der Waals surface area contributed by atoms with Gasteiger partial charge < -0.3 is 10.2 Å². The molecule has 2 N–H and O–H groups in total. The second-order valence-electron chi connectivity index (χ2n) is 3.37. The largest absolute Gasteiger partial charge is 0.416 e. The molecule has 0 aromatic heterocycles. The molecule has 1 aromatic carbocycles. The highest BCUT2D eigenvalue weighted by molar-refractivity contribution is 6.18. The van der Waals surface area contributed by atoms with Crippen LogP contribution in [0.2, 0.25) is 0 Å². The van der Waals surface area contributed by atoms with Gasteiger partial charge in [-0.15, -0.1) is 11.6 Å². The average molecular weight is 273 g/mol. The molecule has 0 aliphatic heterocycles. The van der Waals surface area contributed by atoms with Crippen LogP contribution in [0.4, 0.5) is 17.6 Å². The van der Waals surface area contributed by atoms with Crippen molar-refractivity contribution in [1.82, 2.24) is 0 Å². The first-order chi connectivity index (χ1) is 7.79. The van der Waals surface area contributed by atoms with Crippen molar-refractivity contribution in [3.63, 3.8) is 0 Å². The molecule has 0 amide bonds. The zero-order chi connectivity index (χ0) is 13.2. The van der Waals surface area contributed by atoms with E-state index in [1.807, 2.05) is 0 Å². The molecule has 0 aliphatic carbocycles. The Morgan fingerprint density at radius 3 is 2.29 bits per heavy atom. The van der Waals surface area contributed by atoms with Crippen LogP contribution in [0.1, 0.15) is 17.2 Å². The van der Waals surface area contributed by atoms with E-state index in [2.05, 4.69) is 0 Å². The van der Waals surface area contributed by atoms with Gasteiger partial charge in [-0.3, -0.25) is 0 Å². The van der Waals surface area contributed by atoms with Crippen LogP contribution in [0.3, 0.4) is 0 Å². The normalized spacial score (nSPS) is 15.7. The number of aliphatic hydroxyl groups is 2. The van der Waals surface area contributed by atoms with E-state index < -0.39 is 41.2 Å². The highest BCUT2D eigenvalue weighted by Gasteiger charge is 2.37. The maximum atomic E-state index is 13.3. The molecule has 2 atom stereocenters. The van der Waals surface area contributed by atoms with E-state index in [9.17, 15) is 27.8 Å². The average Bonchev–Trinajstić information content (AvgIpc) is 2.25. The van der Waals surface area contributed by atoms with Crippen molar-refractivity contribution in [2.24, 2.45) is 0 Å². The molecule has 2 unspecified atom stereocenters. The van der Waals surface area contributed by atoms with Crippen molar-refractivity contribution in [3.8, 4) is 0 Å². The Labute approximate surface area is 99.4 Å². The molecule has 7 heteroatoms. The van der Waals surface area contributed by atoms with Gasteiger partial charge in [-0.25, -0.2) is 4.39 Å². The number of hydrogen-bond acceptors (Lipinski definition) is 2. The minimum atomic E-state index is -4.82. The Morgan fingerprint density at radius 1 is 1.24 bits per heavy atom. The van der Waals surface area contributed by atoms with Crippen molar-refractivity contribution in [2.75, 3.05) is 5.88 Å². The summed E-state index contributed by atoms with van der Waals surface area (Å²) in [5, 5.41) is 18.6. The van der Waals surface area contributed by atoms with Gasteiger partial charge in [-0.1, -0.05) is 6.07 Å². The van der Waals surface area contributed by atoms with E-state index in [1.54, 1.807) is 0 Å². The zero-order valence-electron chi connectivity index (χ0n) is 8.38. The molecule has 0 saturated heterocycles. The molecule has 0 spiro atoms. The number of halogens is 5. The maximum absolute atomic E-state index is 13.3. The molecule has 0 fully saturated rings. The molecule has 0 heterocycles. The number of hydrogen-bond donors (Lipinski definition) is 2. The molecular formula is C10H9ClF4O2. The molecule has 1 aromatic rings. The van der Waals surface area contributed by atoms with Crippen LogP contribution < -0.4 is 0 Å². The van der Waals surface area contributed by atoms with Crippen molar-refractivity contribution >= 4 is 11.6 Å². The van der Waals surface area contributed by atoms with Gasteiger partial charge in [0.1, 0.15) is 11.9 Å². The predicted molar refractivity (Wildman–Crippen MR) is 53.1 cm³/mol. The molecule has 0 bridgehead atoms. The SMILES string of the molecule is OC(CCl)C(O)c1c(F)cccc1C(F)(F)F. The molecule has 1 rings (SSSR count). The topological polar surface area (TPSA) is 40.5 Å². The molecule has 0 aliphatic rings. The van der Waals surface area contributed by atoms with Crippen LogP contribution in [0.5, 0.6) is 0 Å². The first-order valence-corrected chi connectivity index (χ1v) is 5.10. The van der Waals surface area contributed by atoms with Gasteiger partial charge in [0.2, 0.25) is 0 Å². The number of rotatable bonds is 3. The maximum Gasteiger partial charge on any atom is 0.416 e. The fourth-order valence-corrected chi connectivity index (χ4v) is 1.53. The van der Waals surface area contributed by atoms with Crippen molar-refractivity contribution in [2.45, 2.75) is 18.4 Å². The Morgan fingerprint density at radius 2 is 1.82 bits per heavy atom. The Bertz CT molecular complexity index is 394. The monoisotopic (exact) mass is 272 g/mol. The minimum Gasteiger partial charge on any atom is -0.389 e. The third-order valence-corrected chi connectivity index (χ3v) is 2.49. The Balaban J connectivity index is 3.30. The lowest BCUT2D eigenvalue weighted by molar-refractivity contribution is -0.140. The molecular weight excluding hydrogens is 264 g/mol. The van der Waals surface area contributed by atoms with Gasteiger partial charge in [0.25, 0.3) is 0 Å². The van der Waals surface area contributed by atoms with Gasteiger partial charge in [-0.05, 0) is 12.1 Å². The number of alkyl halides is 4. The van der Waals surface area contributed by atoms with Crippen LogP contribution in [0, 0.1) is 5.82 Å². The summed E-state index contributed by atoms with van der Waals surface area (Å²) in [6, 6.07) is 2.28. The van der Waals surface area contributed by atoms with Gasteiger partial charge in [-0.2, -0.15) is 13.2 Å². The Hall–Kier alpha value is -0.850. The second-order valence-corrected chi connectivity index (χ2v) is 3.67. The van der Waals surface area contributed by atoms with Crippen molar-refractivity contribution < 1.29 is 27.8 Å². The quantitative estimate of drug-likeness (QED) is 0.655. The fourth-order valence-electron chi connectivity index (χ4n) is 1.36. The first-order valence-electron chi connectivity index (χ1n) is 4.56. The second kappa shape index (κ2) is 5.20. The summed E-state index contributed by atoms with van der Waals surface area (Å²) >= 11 is 5.20. The van der Waals surface area contributed by atoms with E-state index in [4.69, 9.17) is 11.6 Å². The molecule has 2 nitrogen and oxygen atoms in total. The number of aliphatic hydroxyl groups excluding tert-OH is 2. The van der Waals surface area contributed by atoms with E-state index in [-0.39, 0.29) is 0 Å². The van der Waals surface area contributed by atoms with Gasteiger partial charge in [0, 0.05) is 5.56 Å². The molecule has 0 radical (unpaired) electrons. The zero-order valence-corrected chi connectivity index (χ0v) is 9.13. The van der Waals surface area contributed by atoms with Gasteiger partial charge in [0.05, 0.1) is 17.5 Å². The third kappa shape index (κ3) is 3.08. The van der Waals surface area contributed by atoms with E-state index in [0.717, 1.165) is 12.1 Å². The summed E-state index contributed by atoms with van der Waals surface area (Å²) in [6.45, 7) is 0. The predicted octanol–water partition coefficient (Wildman–Crippen LogP) is 2.48. The third-order valence-electron chi connectivity index (χ3n) is 2.18. The summed E-state index contributed by atoms with van der Waals surface area (Å²) in [5.41, 5.74) is -2.32.